The molecule has 2 aromatic heterocycles. The third kappa shape index (κ3) is 4.28. The predicted molar refractivity (Wildman–Crippen MR) is 106 cm³/mol. The molecule has 0 spiro atoms. The van der Waals surface area contributed by atoms with Gasteiger partial charge in [-0.25, -0.2) is 15.0 Å². The molecule has 0 bridgehead atoms. The minimum atomic E-state index is -4.41. The molecule has 3 aliphatic rings. The molecule has 9 nitrogen and oxygen atoms in total. The number of aromatic nitrogens is 4. The van der Waals surface area contributed by atoms with Crippen molar-refractivity contribution in [1.29, 1.82) is 0 Å². The third-order valence-electron chi connectivity index (χ3n) is 6.00. The van der Waals surface area contributed by atoms with E-state index in [4.69, 9.17) is 18.9 Å². The molecule has 1 aliphatic carbocycles. The van der Waals surface area contributed by atoms with E-state index in [1.807, 2.05) is 0 Å². The average Bonchev–Trinajstić information content (AvgIpc) is 3.46. The lowest BCUT2D eigenvalue weighted by atomic mass is 10.1. The van der Waals surface area contributed by atoms with Crippen molar-refractivity contribution >= 4 is 17.0 Å². The van der Waals surface area contributed by atoms with Crippen LogP contribution in [0.3, 0.4) is 0 Å². The Bertz CT molecular complexity index is 962. The Morgan fingerprint density at radius 3 is 2.66 bits per heavy atom. The van der Waals surface area contributed by atoms with E-state index in [0.717, 1.165) is 12.8 Å². The highest BCUT2D eigenvalue weighted by Crippen LogP contribution is 2.44. The van der Waals surface area contributed by atoms with Crippen LogP contribution in [0.25, 0.3) is 11.2 Å². The number of nitrogens with one attached hydrogen (secondary N) is 1. The first-order chi connectivity index (χ1) is 15.2. The van der Waals surface area contributed by atoms with Gasteiger partial charge in [0.1, 0.15) is 31.2 Å². The predicted octanol–water partition coefficient (Wildman–Crippen LogP) is 3.18. The van der Waals surface area contributed by atoms with Crippen molar-refractivity contribution in [3.63, 3.8) is 0 Å². The van der Waals surface area contributed by atoms with Crippen molar-refractivity contribution in [2.45, 2.75) is 82.1 Å². The Kier molecular flexibility index (Phi) is 5.51. The zero-order chi connectivity index (χ0) is 22.5. The topological polar surface area (TPSA) is 92.5 Å². The molecule has 32 heavy (non-hydrogen) atoms. The van der Waals surface area contributed by atoms with E-state index in [9.17, 15) is 13.2 Å². The fourth-order valence-corrected chi connectivity index (χ4v) is 4.72. The van der Waals surface area contributed by atoms with Gasteiger partial charge in [0.2, 0.25) is 0 Å². The molecule has 0 amide bonds. The number of rotatable bonds is 6. The normalized spacial score (nSPS) is 30.3. The van der Waals surface area contributed by atoms with Gasteiger partial charge in [0, 0.05) is 6.04 Å². The minimum absolute atomic E-state index is 0.271. The van der Waals surface area contributed by atoms with Crippen LogP contribution >= 0.6 is 0 Å². The lowest BCUT2D eigenvalue weighted by Crippen LogP contribution is -2.34. The highest BCUT2D eigenvalue weighted by molar-refractivity contribution is 5.82. The molecule has 0 radical (unpaired) electrons. The van der Waals surface area contributed by atoms with Gasteiger partial charge in [0.15, 0.2) is 29.0 Å². The van der Waals surface area contributed by atoms with Crippen LogP contribution in [0.5, 0.6) is 0 Å². The first kappa shape index (κ1) is 21.8. The molecule has 0 aromatic carbocycles. The van der Waals surface area contributed by atoms with Crippen LogP contribution in [0.4, 0.5) is 19.0 Å². The summed E-state index contributed by atoms with van der Waals surface area (Å²) in [5, 5.41) is 3.45. The molecule has 2 aromatic rings. The minimum Gasteiger partial charge on any atom is -0.369 e. The maximum absolute atomic E-state index is 12.5. The van der Waals surface area contributed by atoms with Gasteiger partial charge in [-0.2, -0.15) is 13.2 Å². The van der Waals surface area contributed by atoms with Crippen LogP contribution < -0.4 is 5.32 Å². The van der Waals surface area contributed by atoms with Gasteiger partial charge < -0.3 is 24.3 Å². The maximum atomic E-state index is 12.5. The first-order valence-electron chi connectivity index (χ1n) is 10.8. The van der Waals surface area contributed by atoms with Crippen LogP contribution in [-0.2, 0) is 18.9 Å². The van der Waals surface area contributed by atoms with Crippen molar-refractivity contribution in [2.75, 3.05) is 18.5 Å². The zero-order valence-electron chi connectivity index (χ0n) is 17.8. The number of hydrogen-bond acceptors (Lipinski definition) is 8. The molecule has 176 valence electrons. The number of halogens is 3. The summed E-state index contributed by atoms with van der Waals surface area (Å²) >= 11 is 0. The van der Waals surface area contributed by atoms with Gasteiger partial charge in [-0.05, 0) is 26.7 Å². The molecule has 4 heterocycles. The van der Waals surface area contributed by atoms with E-state index >= 15 is 0 Å². The molecule has 2 aliphatic heterocycles. The summed E-state index contributed by atoms with van der Waals surface area (Å²) in [7, 11) is 0. The summed E-state index contributed by atoms with van der Waals surface area (Å²) in [6, 6.07) is 0.355. The van der Waals surface area contributed by atoms with Gasteiger partial charge in [0.25, 0.3) is 0 Å². The Balaban J connectivity index is 1.39. The largest absolute Gasteiger partial charge is 0.411 e. The Morgan fingerprint density at radius 2 is 1.91 bits per heavy atom. The van der Waals surface area contributed by atoms with Crippen molar-refractivity contribution in [1.82, 2.24) is 19.5 Å². The number of ether oxygens (including phenoxy) is 4. The van der Waals surface area contributed by atoms with E-state index in [1.165, 1.54) is 19.2 Å². The van der Waals surface area contributed by atoms with E-state index in [1.54, 1.807) is 24.7 Å². The van der Waals surface area contributed by atoms with E-state index in [-0.39, 0.29) is 6.61 Å². The van der Waals surface area contributed by atoms with Gasteiger partial charge in [-0.3, -0.25) is 4.57 Å². The van der Waals surface area contributed by atoms with Crippen LogP contribution in [0.1, 0.15) is 45.8 Å². The number of anilines is 1. The van der Waals surface area contributed by atoms with Crippen molar-refractivity contribution < 1.29 is 32.1 Å². The molecule has 3 fully saturated rings. The van der Waals surface area contributed by atoms with Crippen molar-refractivity contribution in [3.8, 4) is 0 Å². The Morgan fingerprint density at radius 1 is 1.16 bits per heavy atom. The smallest absolute Gasteiger partial charge is 0.369 e. The lowest BCUT2D eigenvalue weighted by Gasteiger charge is -2.24. The monoisotopic (exact) mass is 457 g/mol. The summed E-state index contributed by atoms with van der Waals surface area (Å²) in [5.74, 6) is -0.246. The van der Waals surface area contributed by atoms with Gasteiger partial charge >= 0.3 is 6.18 Å². The van der Waals surface area contributed by atoms with Crippen molar-refractivity contribution in [3.05, 3.63) is 12.7 Å². The third-order valence-corrected chi connectivity index (χ3v) is 6.00. The maximum Gasteiger partial charge on any atom is 0.411 e. The number of imidazole rings is 1. The summed E-state index contributed by atoms with van der Waals surface area (Å²) in [5.41, 5.74) is 1.16. The number of hydrogen-bond donors (Lipinski definition) is 1. The van der Waals surface area contributed by atoms with E-state index in [2.05, 4.69) is 20.3 Å². The first-order valence-corrected chi connectivity index (χ1v) is 10.8. The molecule has 2 saturated heterocycles. The molecule has 4 atom stereocenters. The number of nitrogens with zero attached hydrogens (tertiary/aromatic N) is 4. The Hall–Kier alpha value is -2.02. The van der Waals surface area contributed by atoms with Crippen LogP contribution in [-0.4, -0.2) is 69.0 Å². The SMILES string of the molecule is CC1(C)O[C@@H]2[C@H](O1)[C@@H](COCC(F)(F)F)O[C@H]2n1cnc2c(NC3CCCC3)ncnc21. The van der Waals surface area contributed by atoms with Gasteiger partial charge in [-0.15, -0.1) is 0 Å². The summed E-state index contributed by atoms with van der Waals surface area (Å²) < 4.78 is 62.2. The van der Waals surface area contributed by atoms with Crippen LogP contribution in [0.15, 0.2) is 12.7 Å². The summed E-state index contributed by atoms with van der Waals surface area (Å²) in [6.45, 7) is 1.89. The van der Waals surface area contributed by atoms with Gasteiger partial charge in [-0.1, -0.05) is 12.8 Å². The summed E-state index contributed by atoms with van der Waals surface area (Å²) in [6.07, 6.45) is 0.631. The number of alkyl halides is 3. The second-order valence-electron chi connectivity index (χ2n) is 8.93. The highest BCUT2D eigenvalue weighted by atomic mass is 19.4. The highest BCUT2D eigenvalue weighted by Gasteiger charge is 2.56. The molecule has 5 rings (SSSR count). The van der Waals surface area contributed by atoms with Crippen LogP contribution in [0, 0.1) is 0 Å². The summed E-state index contributed by atoms with van der Waals surface area (Å²) in [4.78, 5) is 13.2. The second kappa shape index (κ2) is 8.08. The molecular weight excluding hydrogens is 431 g/mol. The van der Waals surface area contributed by atoms with Crippen LogP contribution in [0.2, 0.25) is 0 Å². The second-order valence-corrected chi connectivity index (χ2v) is 8.93. The molecule has 0 unspecified atom stereocenters. The number of fused-ring (bicyclic) bond motifs is 2. The lowest BCUT2D eigenvalue weighted by molar-refractivity contribution is -0.212. The van der Waals surface area contributed by atoms with Gasteiger partial charge in [0.05, 0.1) is 12.9 Å². The Labute approximate surface area is 182 Å². The molecule has 1 N–H and O–H groups in total. The quantitative estimate of drug-likeness (QED) is 0.707. The molecular formula is C20H26F3N5O4. The zero-order valence-corrected chi connectivity index (χ0v) is 17.8. The van der Waals surface area contributed by atoms with Crippen molar-refractivity contribution in [2.24, 2.45) is 0 Å². The standard InChI is InChI=1S/C20H26F3N5O4/c1-19(2)31-14-12(7-29-8-20(21,22)23)30-18(15(14)32-19)28-10-26-13-16(24-9-25-17(13)28)27-11-5-3-4-6-11/h9-12,14-15,18H,3-8H2,1-2H3,(H,24,25,27)/t12-,14-,15-,18-/m1/s1. The van der Waals surface area contributed by atoms with E-state index in [0.29, 0.717) is 23.0 Å². The molecule has 1 saturated carbocycles. The fourth-order valence-electron chi connectivity index (χ4n) is 4.72. The average molecular weight is 457 g/mol. The molecule has 12 heteroatoms. The van der Waals surface area contributed by atoms with E-state index < -0.39 is 43.1 Å². The fraction of sp³-hybridized carbons (Fsp3) is 0.750.